The first kappa shape index (κ1) is 25.9. The van der Waals surface area contributed by atoms with Crippen LogP contribution in [0.2, 0.25) is 0 Å². The van der Waals surface area contributed by atoms with Crippen LogP contribution in [0.1, 0.15) is 22.4 Å². The van der Waals surface area contributed by atoms with Gasteiger partial charge in [0.1, 0.15) is 12.6 Å². The molecular formula is C31H31N5O3. The fraction of sp³-hybridized carbons (Fsp3) is 0.194. The summed E-state index contributed by atoms with van der Waals surface area (Å²) >= 11 is 0. The lowest BCUT2D eigenvalue weighted by molar-refractivity contribution is -0.157. The molecule has 0 radical (unpaired) electrons. The van der Waals surface area contributed by atoms with E-state index in [9.17, 15) is 9.59 Å². The normalized spacial score (nSPS) is 12.6. The summed E-state index contributed by atoms with van der Waals surface area (Å²) < 4.78 is 5.74. The van der Waals surface area contributed by atoms with Gasteiger partial charge in [0.15, 0.2) is 0 Å². The molecule has 1 amide bonds. The first-order valence-electron chi connectivity index (χ1n) is 12.9. The van der Waals surface area contributed by atoms with E-state index in [1.54, 1.807) is 17.4 Å². The van der Waals surface area contributed by atoms with Gasteiger partial charge in [-0.25, -0.2) is 9.78 Å². The van der Waals surface area contributed by atoms with Crippen molar-refractivity contribution in [2.24, 2.45) is 5.73 Å². The van der Waals surface area contributed by atoms with E-state index in [0.29, 0.717) is 12.1 Å². The van der Waals surface area contributed by atoms with Crippen LogP contribution < -0.4 is 5.73 Å². The Bertz CT molecular complexity index is 1500. The summed E-state index contributed by atoms with van der Waals surface area (Å²) in [5.41, 5.74) is 10.9. The Morgan fingerprint density at radius 1 is 0.872 bits per heavy atom. The highest BCUT2D eigenvalue weighted by Crippen LogP contribution is 2.21. The number of carbonyl (C=O) groups excluding carboxylic acids is 2. The van der Waals surface area contributed by atoms with Gasteiger partial charge in [0.05, 0.1) is 12.4 Å². The average Bonchev–Trinajstić information content (AvgIpc) is 3.64. The fourth-order valence-corrected chi connectivity index (χ4v) is 4.71. The van der Waals surface area contributed by atoms with Gasteiger partial charge < -0.3 is 25.3 Å². The highest BCUT2D eigenvalue weighted by atomic mass is 16.5. The molecule has 8 nitrogen and oxygen atoms in total. The summed E-state index contributed by atoms with van der Waals surface area (Å²) in [6, 6.07) is 25.2. The quantitative estimate of drug-likeness (QED) is 0.226. The van der Waals surface area contributed by atoms with E-state index in [-0.39, 0.29) is 25.5 Å². The zero-order valence-electron chi connectivity index (χ0n) is 21.5. The molecule has 8 heteroatoms. The second-order valence-corrected chi connectivity index (χ2v) is 9.51. The van der Waals surface area contributed by atoms with Crippen LogP contribution in [0.5, 0.6) is 0 Å². The van der Waals surface area contributed by atoms with Gasteiger partial charge in [-0.2, -0.15) is 0 Å². The molecule has 2 unspecified atom stereocenters. The molecule has 0 fully saturated rings. The lowest BCUT2D eigenvalue weighted by Crippen LogP contribution is -2.53. The number of esters is 1. The minimum absolute atomic E-state index is 0.105. The predicted octanol–water partition coefficient (Wildman–Crippen LogP) is 4.14. The minimum atomic E-state index is -0.907. The number of nitrogens with one attached hydrogen (secondary N) is 2. The number of para-hydroxylation sites is 1. The number of aromatic nitrogens is 3. The summed E-state index contributed by atoms with van der Waals surface area (Å²) in [7, 11) is 0. The van der Waals surface area contributed by atoms with Gasteiger partial charge in [-0.15, -0.1) is 0 Å². The third-order valence-corrected chi connectivity index (χ3v) is 6.75. The summed E-state index contributed by atoms with van der Waals surface area (Å²) in [5, 5.41) is 1.02. The Hall–Kier alpha value is -4.69. The van der Waals surface area contributed by atoms with Crippen molar-refractivity contribution >= 4 is 22.8 Å². The van der Waals surface area contributed by atoms with Gasteiger partial charge in [0.2, 0.25) is 5.91 Å². The molecule has 0 saturated heterocycles. The standard InChI is InChI=1S/C31H31N5O3/c32-27(15-24-17-34-28-14-8-7-13-26(24)28)30(37)36(19-22-9-3-1-4-10-22)29(16-25-18-33-21-35-25)31(38)39-20-23-11-5-2-6-12-23/h1-14,17-18,21,27,29,34H,15-16,19-20,32H2,(H,33,35). The zero-order chi connectivity index (χ0) is 27.0. The van der Waals surface area contributed by atoms with Gasteiger partial charge >= 0.3 is 5.97 Å². The molecule has 4 N–H and O–H groups in total. The van der Waals surface area contributed by atoms with E-state index < -0.39 is 18.1 Å². The molecule has 198 valence electrons. The molecular weight excluding hydrogens is 490 g/mol. The number of hydrogen-bond acceptors (Lipinski definition) is 5. The van der Waals surface area contributed by atoms with Crippen molar-refractivity contribution in [1.29, 1.82) is 0 Å². The molecule has 0 aliphatic rings. The summed E-state index contributed by atoms with van der Waals surface area (Å²) in [6.07, 6.45) is 5.62. The number of aromatic amines is 2. The van der Waals surface area contributed by atoms with E-state index in [4.69, 9.17) is 10.5 Å². The summed E-state index contributed by atoms with van der Waals surface area (Å²) in [5.74, 6) is -0.831. The van der Waals surface area contributed by atoms with Crippen LogP contribution in [0.15, 0.2) is 104 Å². The number of nitrogens with two attached hydrogens (primary N) is 1. The van der Waals surface area contributed by atoms with Crippen LogP contribution in [0, 0.1) is 0 Å². The zero-order valence-corrected chi connectivity index (χ0v) is 21.5. The highest BCUT2D eigenvalue weighted by Gasteiger charge is 2.34. The molecule has 2 atom stereocenters. The molecule has 5 aromatic rings. The van der Waals surface area contributed by atoms with Crippen LogP contribution in [0.3, 0.4) is 0 Å². The predicted molar refractivity (Wildman–Crippen MR) is 149 cm³/mol. The Labute approximate surface area is 226 Å². The van der Waals surface area contributed by atoms with Crippen molar-refractivity contribution in [2.45, 2.75) is 38.1 Å². The molecule has 5 rings (SSSR count). The molecule has 2 heterocycles. The number of carbonyl (C=O) groups is 2. The Morgan fingerprint density at radius 2 is 1.56 bits per heavy atom. The number of ether oxygens (including phenoxy) is 1. The number of benzene rings is 3. The van der Waals surface area contributed by atoms with E-state index >= 15 is 0 Å². The lowest BCUT2D eigenvalue weighted by atomic mass is 10.0. The van der Waals surface area contributed by atoms with Crippen LogP contribution in [-0.4, -0.2) is 43.8 Å². The number of nitrogens with zero attached hydrogens (tertiary/aromatic N) is 2. The monoisotopic (exact) mass is 521 g/mol. The molecule has 3 aromatic carbocycles. The first-order valence-corrected chi connectivity index (χ1v) is 12.9. The van der Waals surface area contributed by atoms with Crippen molar-refractivity contribution in [2.75, 3.05) is 0 Å². The molecule has 0 saturated carbocycles. The summed E-state index contributed by atoms with van der Waals surface area (Å²) in [6.45, 7) is 0.314. The van der Waals surface area contributed by atoms with Crippen LogP contribution in [0.25, 0.3) is 10.9 Å². The number of H-pyrrole nitrogens is 2. The lowest BCUT2D eigenvalue weighted by Gasteiger charge is -2.32. The smallest absolute Gasteiger partial charge is 0.329 e. The van der Waals surface area contributed by atoms with Crippen molar-refractivity contribution in [3.8, 4) is 0 Å². The van der Waals surface area contributed by atoms with Crippen LogP contribution in [0.4, 0.5) is 0 Å². The highest BCUT2D eigenvalue weighted by molar-refractivity contribution is 5.89. The number of hydrogen-bond donors (Lipinski definition) is 3. The maximum Gasteiger partial charge on any atom is 0.329 e. The fourth-order valence-electron chi connectivity index (χ4n) is 4.71. The molecule has 0 aliphatic carbocycles. The number of imidazole rings is 1. The molecule has 0 bridgehead atoms. The maximum absolute atomic E-state index is 14.0. The van der Waals surface area contributed by atoms with Crippen molar-refractivity contribution in [3.63, 3.8) is 0 Å². The Morgan fingerprint density at radius 3 is 2.28 bits per heavy atom. The molecule has 2 aromatic heterocycles. The van der Waals surface area contributed by atoms with Gasteiger partial charge in [0, 0.05) is 42.0 Å². The van der Waals surface area contributed by atoms with E-state index in [0.717, 1.165) is 27.6 Å². The SMILES string of the molecule is NC(Cc1c[nH]c2ccccc12)C(=O)N(Cc1ccccc1)C(Cc1cnc[nH]1)C(=O)OCc1ccccc1. The topological polar surface area (TPSA) is 117 Å². The van der Waals surface area contributed by atoms with Crippen molar-refractivity contribution < 1.29 is 14.3 Å². The number of fused-ring (bicyclic) bond motifs is 1. The second kappa shape index (κ2) is 12.2. The molecule has 39 heavy (non-hydrogen) atoms. The molecule has 0 spiro atoms. The van der Waals surface area contributed by atoms with Crippen molar-refractivity contribution in [1.82, 2.24) is 19.9 Å². The first-order chi connectivity index (χ1) is 19.1. The Kier molecular flexibility index (Phi) is 8.14. The van der Waals surface area contributed by atoms with Gasteiger partial charge in [-0.3, -0.25) is 4.79 Å². The van der Waals surface area contributed by atoms with Gasteiger partial charge in [-0.1, -0.05) is 78.9 Å². The third kappa shape index (κ3) is 6.42. The molecule has 0 aliphatic heterocycles. The van der Waals surface area contributed by atoms with E-state index in [1.165, 1.54) is 0 Å². The minimum Gasteiger partial charge on any atom is -0.459 e. The second-order valence-electron chi connectivity index (χ2n) is 9.51. The van der Waals surface area contributed by atoms with Crippen LogP contribution in [-0.2, 0) is 40.3 Å². The Balaban J connectivity index is 1.43. The van der Waals surface area contributed by atoms with Gasteiger partial charge in [0.25, 0.3) is 0 Å². The number of rotatable bonds is 11. The van der Waals surface area contributed by atoms with Gasteiger partial charge in [-0.05, 0) is 29.2 Å². The average molecular weight is 522 g/mol. The maximum atomic E-state index is 14.0. The van der Waals surface area contributed by atoms with Crippen LogP contribution >= 0.6 is 0 Å². The van der Waals surface area contributed by atoms with E-state index in [1.807, 2.05) is 91.1 Å². The third-order valence-electron chi connectivity index (χ3n) is 6.75. The van der Waals surface area contributed by atoms with Crippen molar-refractivity contribution in [3.05, 3.63) is 126 Å². The summed E-state index contributed by atoms with van der Waals surface area (Å²) in [4.78, 5) is 39.5. The number of amides is 1. The van der Waals surface area contributed by atoms with E-state index in [2.05, 4.69) is 15.0 Å². The largest absolute Gasteiger partial charge is 0.459 e.